The molecule has 1 aliphatic heterocycles. The number of carbonyl (C=O) groups excluding carboxylic acids is 1. The van der Waals surface area contributed by atoms with E-state index in [2.05, 4.69) is 10.3 Å². The van der Waals surface area contributed by atoms with E-state index in [1.54, 1.807) is 22.7 Å². The fraction of sp³-hybridized carbons (Fsp3) is 0.176. The first-order valence-electron chi connectivity index (χ1n) is 7.48. The molecule has 2 N–H and O–H groups in total. The highest BCUT2D eigenvalue weighted by atomic mass is 35.5. The van der Waals surface area contributed by atoms with Gasteiger partial charge in [-0.2, -0.15) is 0 Å². The monoisotopic (exact) mass is 343 g/mol. The lowest BCUT2D eigenvalue weighted by Crippen LogP contribution is -2.42. The highest BCUT2D eigenvalue weighted by Gasteiger charge is 2.31. The second-order valence-electron chi connectivity index (χ2n) is 5.55. The van der Waals surface area contributed by atoms with Crippen molar-refractivity contribution in [1.29, 1.82) is 0 Å². The molecule has 7 heteroatoms. The van der Waals surface area contributed by atoms with Crippen LogP contribution in [0, 0.1) is 0 Å². The minimum absolute atomic E-state index is 0.116. The lowest BCUT2D eigenvalue weighted by molar-refractivity contribution is 0.0498. The number of nitrogens with one attached hydrogen (secondary N) is 1. The normalized spacial score (nSPS) is 19.6. The summed E-state index contributed by atoms with van der Waals surface area (Å²) in [6.07, 6.45) is 0.878. The highest BCUT2D eigenvalue weighted by molar-refractivity contribution is 6.33. The lowest BCUT2D eigenvalue weighted by Gasteiger charge is -2.30. The quantitative estimate of drug-likeness (QED) is 0.748. The SMILES string of the molecule is O=C(N[C@H]1c2ccccc2OC[C@H]1O)c1nc(Cl)c2ccccn12. The first-order valence-corrected chi connectivity index (χ1v) is 7.86. The van der Waals surface area contributed by atoms with Crippen LogP contribution in [0.5, 0.6) is 5.75 Å². The van der Waals surface area contributed by atoms with Crippen LogP contribution in [-0.4, -0.2) is 33.1 Å². The Balaban J connectivity index is 1.69. The number of fused-ring (bicyclic) bond motifs is 2. The summed E-state index contributed by atoms with van der Waals surface area (Å²) in [5.74, 6) is 0.412. The predicted octanol–water partition coefficient (Wildman–Crippen LogP) is 2.21. The molecule has 122 valence electrons. The van der Waals surface area contributed by atoms with Crippen LogP contribution in [0.4, 0.5) is 0 Å². The van der Waals surface area contributed by atoms with Crippen molar-refractivity contribution in [2.24, 2.45) is 0 Å². The maximum absolute atomic E-state index is 12.7. The molecule has 1 amide bonds. The molecule has 24 heavy (non-hydrogen) atoms. The average molecular weight is 344 g/mol. The zero-order valence-electron chi connectivity index (χ0n) is 12.5. The van der Waals surface area contributed by atoms with Crippen molar-refractivity contribution >= 4 is 23.0 Å². The predicted molar refractivity (Wildman–Crippen MR) is 88.4 cm³/mol. The van der Waals surface area contributed by atoms with E-state index < -0.39 is 18.1 Å². The Morgan fingerprint density at radius 1 is 1.29 bits per heavy atom. The van der Waals surface area contributed by atoms with Gasteiger partial charge in [-0.15, -0.1) is 0 Å². The first kappa shape index (κ1) is 15.0. The number of para-hydroxylation sites is 1. The van der Waals surface area contributed by atoms with Gasteiger partial charge in [0.15, 0.2) is 5.15 Å². The molecule has 0 bridgehead atoms. The Morgan fingerprint density at radius 3 is 2.96 bits per heavy atom. The number of hydrogen-bond donors (Lipinski definition) is 2. The molecule has 0 aliphatic carbocycles. The van der Waals surface area contributed by atoms with Crippen LogP contribution < -0.4 is 10.1 Å². The zero-order valence-corrected chi connectivity index (χ0v) is 13.3. The molecule has 0 unspecified atom stereocenters. The first-order chi connectivity index (χ1) is 11.6. The summed E-state index contributed by atoms with van der Waals surface area (Å²) in [6, 6.07) is 12.1. The van der Waals surface area contributed by atoms with Crippen molar-refractivity contribution < 1.29 is 14.6 Å². The van der Waals surface area contributed by atoms with Crippen LogP contribution in [0.15, 0.2) is 48.7 Å². The Morgan fingerprint density at radius 2 is 2.08 bits per heavy atom. The van der Waals surface area contributed by atoms with Crippen molar-refractivity contribution in [3.63, 3.8) is 0 Å². The van der Waals surface area contributed by atoms with Gasteiger partial charge < -0.3 is 15.2 Å². The largest absolute Gasteiger partial charge is 0.490 e. The molecule has 0 saturated carbocycles. The van der Waals surface area contributed by atoms with Gasteiger partial charge in [0, 0.05) is 11.8 Å². The van der Waals surface area contributed by atoms with Crippen LogP contribution in [0.3, 0.4) is 0 Å². The molecule has 2 aromatic heterocycles. The van der Waals surface area contributed by atoms with E-state index in [1.807, 2.05) is 30.3 Å². The maximum Gasteiger partial charge on any atom is 0.288 e. The number of rotatable bonds is 2. The fourth-order valence-corrected chi connectivity index (χ4v) is 3.12. The second-order valence-corrected chi connectivity index (χ2v) is 5.91. The molecule has 3 aromatic rings. The van der Waals surface area contributed by atoms with E-state index >= 15 is 0 Å². The Kier molecular flexibility index (Phi) is 3.63. The molecule has 0 radical (unpaired) electrons. The summed E-state index contributed by atoms with van der Waals surface area (Å²) in [4.78, 5) is 16.8. The van der Waals surface area contributed by atoms with Gasteiger partial charge in [-0.3, -0.25) is 9.20 Å². The molecular formula is C17H14ClN3O3. The van der Waals surface area contributed by atoms with Crippen molar-refractivity contribution in [3.05, 3.63) is 65.2 Å². The summed E-state index contributed by atoms with van der Waals surface area (Å²) in [5.41, 5.74) is 1.38. The van der Waals surface area contributed by atoms with Gasteiger partial charge in [0.2, 0.25) is 5.82 Å². The standard InChI is InChI=1S/C17H14ClN3O3/c18-15-11-6-3-4-8-21(11)16(20-15)17(23)19-14-10-5-1-2-7-13(10)24-9-12(14)22/h1-8,12,14,22H,9H2,(H,19,23)/t12-,14+/m1/s1. The molecule has 1 aliphatic rings. The van der Waals surface area contributed by atoms with E-state index in [9.17, 15) is 9.90 Å². The topological polar surface area (TPSA) is 75.9 Å². The number of hydrogen-bond acceptors (Lipinski definition) is 4. The Hall–Kier alpha value is -2.57. The lowest BCUT2D eigenvalue weighted by atomic mass is 9.98. The van der Waals surface area contributed by atoms with E-state index in [4.69, 9.17) is 16.3 Å². The summed E-state index contributed by atoms with van der Waals surface area (Å²) in [5, 5.41) is 13.3. The van der Waals surface area contributed by atoms with Crippen molar-refractivity contribution in [2.45, 2.75) is 12.1 Å². The van der Waals surface area contributed by atoms with Gasteiger partial charge >= 0.3 is 0 Å². The smallest absolute Gasteiger partial charge is 0.288 e. The van der Waals surface area contributed by atoms with Crippen LogP contribution in [0.1, 0.15) is 22.2 Å². The minimum atomic E-state index is -0.842. The van der Waals surface area contributed by atoms with E-state index in [0.29, 0.717) is 11.3 Å². The molecular weight excluding hydrogens is 330 g/mol. The number of benzene rings is 1. The number of imidazole rings is 1. The molecule has 3 heterocycles. The Labute approximate surface area is 142 Å². The molecule has 4 rings (SSSR count). The van der Waals surface area contributed by atoms with Gasteiger partial charge in [0.05, 0.1) is 11.6 Å². The summed E-state index contributed by atoms with van der Waals surface area (Å²) >= 11 is 6.09. The number of aromatic nitrogens is 2. The summed E-state index contributed by atoms with van der Waals surface area (Å²) in [7, 11) is 0. The van der Waals surface area contributed by atoms with Crippen LogP contribution >= 0.6 is 11.6 Å². The maximum atomic E-state index is 12.7. The molecule has 6 nitrogen and oxygen atoms in total. The molecule has 0 fully saturated rings. The number of halogens is 1. The molecule has 2 atom stereocenters. The Bertz CT molecular complexity index is 924. The van der Waals surface area contributed by atoms with Gasteiger partial charge in [-0.25, -0.2) is 4.98 Å². The van der Waals surface area contributed by atoms with Crippen LogP contribution in [0.2, 0.25) is 5.15 Å². The number of ether oxygens (including phenoxy) is 1. The van der Waals surface area contributed by atoms with Gasteiger partial charge in [-0.1, -0.05) is 35.9 Å². The summed E-state index contributed by atoms with van der Waals surface area (Å²) in [6.45, 7) is 0.116. The summed E-state index contributed by atoms with van der Waals surface area (Å²) < 4.78 is 7.10. The van der Waals surface area contributed by atoms with E-state index in [0.717, 1.165) is 5.56 Å². The van der Waals surface area contributed by atoms with Crippen LogP contribution in [0.25, 0.3) is 5.52 Å². The zero-order chi connectivity index (χ0) is 16.7. The molecule has 0 saturated heterocycles. The van der Waals surface area contributed by atoms with Crippen molar-refractivity contribution in [1.82, 2.24) is 14.7 Å². The number of amides is 1. The van der Waals surface area contributed by atoms with E-state index in [1.165, 1.54) is 0 Å². The van der Waals surface area contributed by atoms with Gasteiger partial charge in [0.1, 0.15) is 18.5 Å². The molecule has 1 aromatic carbocycles. The number of aliphatic hydroxyl groups excluding tert-OH is 1. The number of carbonyl (C=O) groups is 1. The third-order valence-corrected chi connectivity index (χ3v) is 4.32. The van der Waals surface area contributed by atoms with Gasteiger partial charge in [0.25, 0.3) is 5.91 Å². The second kappa shape index (κ2) is 5.81. The minimum Gasteiger partial charge on any atom is -0.490 e. The fourth-order valence-electron chi connectivity index (χ4n) is 2.89. The average Bonchev–Trinajstić information content (AvgIpc) is 2.95. The highest BCUT2D eigenvalue weighted by Crippen LogP contribution is 2.32. The van der Waals surface area contributed by atoms with Crippen molar-refractivity contribution in [2.75, 3.05) is 6.61 Å². The third-order valence-electron chi connectivity index (χ3n) is 4.04. The third kappa shape index (κ3) is 2.40. The number of aliphatic hydroxyl groups is 1. The van der Waals surface area contributed by atoms with E-state index in [-0.39, 0.29) is 17.6 Å². The molecule has 0 spiro atoms. The number of nitrogens with zero attached hydrogens (tertiary/aromatic N) is 2. The van der Waals surface area contributed by atoms with Crippen LogP contribution in [-0.2, 0) is 0 Å². The van der Waals surface area contributed by atoms with Gasteiger partial charge in [-0.05, 0) is 18.2 Å². The van der Waals surface area contributed by atoms with Crippen molar-refractivity contribution in [3.8, 4) is 5.75 Å². The number of pyridine rings is 1.